The van der Waals surface area contributed by atoms with Crippen molar-refractivity contribution in [2.75, 3.05) is 18.5 Å². The number of hydrogen-bond donors (Lipinski definition) is 2. The van der Waals surface area contributed by atoms with Crippen LogP contribution in [0.15, 0.2) is 36.0 Å². The molecular formula is C15H19N3O2. The second-order valence-corrected chi connectivity index (χ2v) is 4.03. The van der Waals surface area contributed by atoms with Crippen molar-refractivity contribution in [1.29, 1.82) is 5.26 Å². The lowest BCUT2D eigenvalue weighted by Crippen LogP contribution is -2.25. The third-order valence-electron chi connectivity index (χ3n) is 2.45. The lowest BCUT2D eigenvalue weighted by molar-refractivity contribution is -0.117. The third-order valence-corrected chi connectivity index (χ3v) is 2.45. The molecule has 0 atom stereocenters. The number of anilines is 1. The summed E-state index contributed by atoms with van der Waals surface area (Å²) in [5, 5.41) is 14.5. The van der Waals surface area contributed by atoms with Gasteiger partial charge in [-0.25, -0.2) is 0 Å². The van der Waals surface area contributed by atoms with Gasteiger partial charge in [0, 0.05) is 18.4 Å². The maximum atomic E-state index is 11.6. The molecule has 1 amide bonds. The Morgan fingerprint density at radius 3 is 2.60 bits per heavy atom. The molecule has 2 N–H and O–H groups in total. The molecule has 5 heteroatoms. The second-order valence-electron chi connectivity index (χ2n) is 4.03. The van der Waals surface area contributed by atoms with Crippen LogP contribution in [0.3, 0.4) is 0 Å². The molecule has 0 bridgehead atoms. The fourth-order valence-electron chi connectivity index (χ4n) is 1.45. The quantitative estimate of drug-likeness (QED) is 0.591. The summed E-state index contributed by atoms with van der Waals surface area (Å²) in [4.78, 5) is 11.6. The van der Waals surface area contributed by atoms with Crippen LogP contribution in [0.4, 0.5) is 5.69 Å². The van der Waals surface area contributed by atoms with Gasteiger partial charge in [0.25, 0.3) is 5.91 Å². The normalized spacial score (nSPS) is 10.6. The van der Waals surface area contributed by atoms with Gasteiger partial charge in [0.1, 0.15) is 17.4 Å². The molecule has 20 heavy (non-hydrogen) atoms. The van der Waals surface area contributed by atoms with E-state index in [9.17, 15) is 4.79 Å². The molecule has 0 spiro atoms. The van der Waals surface area contributed by atoms with E-state index in [0.29, 0.717) is 13.2 Å². The Morgan fingerprint density at radius 2 is 2.05 bits per heavy atom. The Hall–Kier alpha value is -2.48. The van der Waals surface area contributed by atoms with Crippen molar-refractivity contribution in [2.24, 2.45) is 0 Å². The van der Waals surface area contributed by atoms with Crippen LogP contribution in [-0.2, 0) is 4.79 Å². The van der Waals surface area contributed by atoms with E-state index in [0.717, 1.165) is 17.9 Å². The highest BCUT2D eigenvalue weighted by molar-refractivity contribution is 5.97. The number of nitrogens with zero attached hydrogens (tertiary/aromatic N) is 1. The van der Waals surface area contributed by atoms with Crippen molar-refractivity contribution in [3.63, 3.8) is 0 Å². The van der Waals surface area contributed by atoms with E-state index in [2.05, 4.69) is 10.6 Å². The molecule has 0 heterocycles. The summed E-state index contributed by atoms with van der Waals surface area (Å²) in [6, 6.07) is 9.16. The Bertz CT molecular complexity index is 501. The molecule has 0 saturated carbocycles. The molecule has 0 radical (unpaired) electrons. The molecule has 106 valence electrons. The molecule has 1 rings (SSSR count). The maximum Gasteiger partial charge on any atom is 0.263 e. The molecule has 0 aromatic heterocycles. The third kappa shape index (κ3) is 5.02. The minimum atomic E-state index is -0.368. The number of nitriles is 1. The van der Waals surface area contributed by atoms with Crippen LogP contribution in [-0.4, -0.2) is 19.1 Å². The van der Waals surface area contributed by atoms with E-state index in [4.69, 9.17) is 10.00 Å². The van der Waals surface area contributed by atoms with E-state index in [1.54, 1.807) is 0 Å². The first-order chi connectivity index (χ1) is 9.71. The molecule has 1 aromatic rings. The number of rotatable bonds is 7. The number of carbonyl (C=O) groups excluding carboxylic acids is 1. The Morgan fingerprint density at radius 1 is 1.35 bits per heavy atom. The first kappa shape index (κ1) is 15.6. The fourth-order valence-corrected chi connectivity index (χ4v) is 1.45. The van der Waals surface area contributed by atoms with Gasteiger partial charge in [0.15, 0.2) is 0 Å². The van der Waals surface area contributed by atoms with Crippen molar-refractivity contribution >= 4 is 11.6 Å². The molecule has 0 aliphatic carbocycles. The zero-order valence-electron chi connectivity index (χ0n) is 11.8. The van der Waals surface area contributed by atoms with E-state index in [1.165, 1.54) is 6.20 Å². The van der Waals surface area contributed by atoms with Crippen molar-refractivity contribution < 1.29 is 9.53 Å². The zero-order valence-corrected chi connectivity index (χ0v) is 11.8. The Kier molecular flexibility index (Phi) is 6.69. The summed E-state index contributed by atoms with van der Waals surface area (Å²) in [6.07, 6.45) is 2.23. The standard InChI is InChI=1S/C15H19N3O2/c1-3-9-17-15(19)12(10-16)11-18-13-5-7-14(8-6-13)20-4-2/h5-8,11,18H,3-4,9H2,1-2H3,(H,17,19)/b12-11-. The first-order valence-electron chi connectivity index (χ1n) is 6.59. The molecule has 0 unspecified atom stereocenters. The van der Waals surface area contributed by atoms with E-state index < -0.39 is 0 Å². The van der Waals surface area contributed by atoms with Crippen LogP contribution in [0.2, 0.25) is 0 Å². The highest BCUT2D eigenvalue weighted by Crippen LogP contribution is 2.15. The topological polar surface area (TPSA) is 74.2 Å². The molecular weight excluding hydrogens is 254 g/mol. The number of nitrogens with one attached hydrogen (secondary N) is 2. The summed E-state index contributed by atoms with van der Waals surface area (Å²) in [5.74, 6) is 0.413. The number of hydrogen-bond acceptors (Lipinski definition) is 4. The van der Waals surface area contributed by atoms with Crippen LogP contribution in [0.5, 0.6) is 5.75 Å². The summed E-state index contributed by atoms with van der Waals surface area (Å²) in [7, 11) is 0. The SMILES string of the molecule is CCCNC(=O)/C(C#N)=C\Nc1ccc(OCC)cc1. The zero-order chi connectivity index (χ0) is 14.8. The number of benzene rings is 1. The van der Waals surface area contributed by atoms with E-state index in [1.807, 2.05) is 44.2 Å². The van der Waals surface area contributed by atoms with Gasteiger partial charge >= 0.3 is 0 Å². The van der Waals surface area contributed by atoms with Gasteiger partial charge in [-0.05, 0) is 37.6 Å². The Labute approximate surface area is 119 Å². The van der Waals surface area contributed by atoms with Gasteiger partial charge in [-0.1, -0.05) is 6.92 Å². The lowest BCUT2D eigenvalue weighted by atomic mass is 10.2. The van der Waals surface area contributed by atoms with E-state index >= 15 is 0 Å². The number of amides is 1. The molecule has 0 aliphatic heterocycles. The van der Waals surface area contributed by atoms with Gasteiger partial charge in [-0.2, -0.15) is 5.26 Å². The summed E-state index contributed by atoms with van der Waals surface area (Å²) in [5.41, 5.74) is 0.830. The number of ether oxygens (including phenoxy) is 1. The van der Waals surface area contributed by atoms with Crippen LogP contribution in [0.25, 0.3) is 0 Å². The minimum absolute atomic E-state index is 0.0485. The van der Waals surface area contributed by atoms with Crippen LogP contribution >= 0.6 is 0 Å². The largest absolute Gasteiger partial charge is 0.494 e. The second kappa shape index (κ2) is 8.59. The molecule has 0 aliphatic rings. The van der Waals surface area contributed by atoms with Gasteiger partial charge in [-0.3, -0.25) is 4.79 Å². The fraction of sp³-hybridized carbons (Fsp3) is 0.333. The highest BCUT2D eigenvalue weighted by Gasteiger charge is 2.07. The van der Waals surface area contributed by atoms with Gasteiger partial charge in [0.05, 0.1) is 6.61 Å². The van der Waals surface area contributed by atoms with Crippen LogP contribution in [0.1, 0.15) is 20.3 Å². The van der Waals surface area contributed by atoms with Gasteiger partial charge in [0.2, 0.25) is 0 Å². The van der Waals surface area contributed by atoms with Gasteiger partial charge < -0.3 is 15.4 Å². The average molecular weight is 273 g/mol. The first-order valence-corrected chi connectivity index (χ1v) is 6.59. The van der Waals surface area contributed by atoms with Crippen molar-refractivity contribution in [1.82, 2.24) is 5.32 Å². The smallest absolute Gasteiger partial charge is 0.263 e. The summed E-state index contributed by atoms with van der Waals surface area (Å²) < 4.78 is 5.33. The van der Waals surface area contributed by atoms with Crippen LogP contribution in [0, 0.1) is 11.3 Å². The van der Waals surface area contributed by atoms with Crippen molar-refractivity contribution in [2.45, 2.75) is 20.3 Å². The molecule has 5 nitrogen and oxygen atoms in total. The molecule has 0 fully saturated rings. The predicted octanol–water partition coefficient (Wildman–Crippen LogP) is 2.43. The number of carbonyl (C=O) groups is 1. The monoisotopic (exact) mass is 273 g/mol. The predicted molar refractivity (Wildman–Crippen MR) is 78.2 cm³/mol. The average Bonchev–Trinajstić information content (AvgIpc) is 2.47. The highest BCUT2D eigenvalue weighted by atomic mass is 16.5. The summed E-state index contributed by atoms with van der Waals surface area (Å²) in [6.45, 7) is 5.04. The van der Waals surface area contributed by atoms with Crippen molar-refractivity contribution in [3.8, 4) is 11.8 Å². The minimum Gasteiger partial charge on any atom is -0.494 e. The van der Waals surface area contributed by atoms with Crippen LogP contribution < -0.4 is 15.4 Å². The van der Waals surface area contributed by atoms with Crippen molar-refractivity contribution in [3.05, 3.63) is 36.0 Å². The summed E-state index contributed by atoms with van der Waals surface area (Å²) >= 11 is 0. The molecule has 1 aromatic carbocycles. The Balaban J connectivity index is 2.64. The van der Waals surface area contributed by atoms with Gasteiger partial charge in [-0.15, -0.1) is 0 Å². The molecule has 0 saturated heterocycles. The lowest BCUT2D eigenvalue weighted by Gasteiger charge is -2.06. The van der Waals surface area contributed by atoms with E-state index in [-0.39, 0.29) is 11.5 Å². The maximum absolute atomic E-state index is 11.6.